The zero-order valence-electron chi connectivity index (χ0n) is 29.9. The van der Waals surface area contributed by atoms with E-state index in [0.29, 0.717) is 0 Å². The van der Waals surface area contributed by atoms with Crippen molar-refractivity contribution < 1.29 is 13.6 Å². The van der Waals surface area contributed by atoms with Gasteiger partial charge < -0.3 is 18.9 Å². The van der Waals surface area contributed by atoms with E-state index in [0.717, 1.165) is 67.3 Å². The van der Waals surface area contributed by atoms with Crippen LogP contribution in [0.4, 0.5) is 5.69 Å². The van der Waals surface area contributed by atoms with E-state index < -0.39 is 0 Å². The van der Waals surface area contributed by atoms with Gasteiger partial charge in [-0.2, -0.15) is 0 Å². The molecule has 2 unspecified atom stereocenters. The van der Waals surface area contributed by atoms with Crippen molar-refractivity contribution >= 4 is 49.6 Å². The van der Waals surface area contributed by atoms with Crippen molar-refractivity contribution in [2.45, 2.75) is 18.6 Å². The maximum absolute atomic E-state index is 6.49. The standard InChI is InChI=1S/C51H35NO3/c1-2-9-33(10-3-1)34-19-17-32(18-20-34)31-42(36-23-21-35(22-24-36)39-13-8-16-45-48(39)40-11-4-6-14-43(40)53-45)37-25-27-38(28-26-37)51-52-50-47(55-51)30-29-46-49(50)41-12-5-7-15-44(41)54-46/h1-30,42,51-52H,31H2. The molecule has 0 aliphatic carbocycles. The number of rotatable bonds is 7. The first-order valence-corrected chi connectivity index (χ1v) is 18.9. The summed E-state index contributed by atoms with van der Waals surface area (Å²) in [5.41, 5.74) is 14.2. The molecule has 0 amide bonds. The van der Waals surface area contributed by atoms with Gasteiger partial charge in [-0.3, -0.25) is 0 Å². The summed E-state index contributed by atoms with van der Waals surface area (Å²) in [6.45, 7) is 0. The van der Waals surface area contributed by atoms with Gasteiger partial charge in [0.25, 0.3) is 0 Å². The van der Waals surface area contributed by atoms with Crippen LogP contribution in [0.5, 0.6) is 5.75 Å². The van der Waals surface area contributed by atoms with Crippen molar-refractivity contribution in [3.05, 3.63) is 204 Å². The molecule has 0 saturated heterocycles. The highest BCUT2D eigenvalue weighted by Crippen LogP contribution is 2.46. The van der Waals surface area contributed by atoms with Crippen LogP contribution in [-0.2, 0) is 6.42 Å². The van der Waals surface area contributed by atoms with Crippen LogP contribution in [0.25, 0.3) is 66.1 Å². The Kier molecular flexibility index (Phi) is 7.34. The summed E-state index contributed by atoms with van der Waals surface area (Å²) < 4.78 is 18.9. The zero-order chi connectivity index (χ0) is 36.3. The van der Waals surface area contributed by atoms with Crippen molar-refractivity contribution in [1.29, 1.82) is 0 Å². The van der Waals surface area contributed by atoms with Gasteiger partial charge in [0.2, 0.25) is 0 Å². The normalized spacial score (nSPS) is 14.3. The highest BCUT2D eigenvalue weighted by atomic mass is 16.5. The lowest BCUT2D eigenvalue weighted by Crippen LogP contribution is -2.11. The third-order valence-electron chi connectivity index (χ3n) is 11.2. The van der Waals surface area contributed by atoms with Crippen molar-refractivity contribution in [3.63, 3.8) is 0 Å². The number of ether oxygens (including phenoxy) is 1. The van der Waals surface area contributed by atoms with Crippen LogP contribution in [0.3, 0.4) is 0 Å². The van der Waals surface area contributed by atoms with Gasteiger partial charge in [-0.05, 0) is 75.7 Å². The molecule has 0 bridgehead atoms. The van der Waals surface area contributed by atoms with E-state index in [4.69, 9.17) is 13.6 Å². The first kappa shape index (κ1) is 31.5. The van der Waals surface area contributed by atoms with E-state index in [-0.39, 0.29) is 12.1 Å². The molecule has 1 aliphatic rings. The molecule has 0 saturated carbocycles. The largest absolute Gasteiger partial charge is 0.464 e. The summed E-state index contributed by atoms with van der Waals surface area (Å²) in [6, 6.07) is 64.4. The van der Waals surface area contributed by atoms with Crippen LogP contribution in [0.15, 0.2) is 191 Å². The number of nitrogens with one attached hydrogen (secondary N) is 1. The fourth-order valence-electron chi connectivity index (χ4n) is 8.42. The lowest BCUT2D eigenvalue weighted by Gasteiger charge is -2.20. The molecule has 1 aliphatic heterocycles. The molecule has 0 fully saturated rings. The minimum atomic E-state index is -0.298. The monoisotopic (exact) mass is 709 g/mol. The Morgan fingerprint density at radius 1 is 0.455 bits per heavy atom. The van der Waals surface area contributed by atoms with Gasteiger partial charge in [-0.1, -0.05) is 152 Å². The van der Waals surface area contributed by atoms with E-state index in [9.17, 15) is 0 Å². The fraction of sp³-hybridized carbons (Fsp3) is 0.0588. The maximum atomic E-state index is 6.49. The predicted molar refractivity (Wildman–Crippen MR) is 224 cm³/mol. The van der Waals surface area contributed by atoms with Crippen molar-refractivity contribution in [2.75, 3.05) is 5.32 Å². The quantitative estimate of drug-likeness (QED) is 0.179. The molecule has 8 aromatic carbocycles. The average molecular weight is 710 g/mol. The molecule has 2 atom stereocenters. The summed E-state index contributed by atoms with van der Waals surface area (Å²) in [4.78, 5) is 0. The molecule has 3 heterocycles. The predicted octanol–water partition coefficient (Wildman–Crippen LogP) is 13.7. The zero-order valence-corrected chi connectivity index (χ0v) is 29.9. The number of para-hydroxylation sites is 2. The third-order valence-corrected chi connectivity index (χ3v) is 11.2. The molecule has 0 radical (unpaired) electrons. The maximum Gasteiger partial charge on any atom is 0.196 e. The molecular weight excluding hydrogens is 675 g/mol. The van der Waals surface area contributed by atoms with Crippen molar-refractivity contribution in [1.82, 2.24) is 0 Å². The van der Waals surface area contributed by atoms with Crippen LogP contribution in [0.1, 0.15) is 34.4 Å². The first-order chi connectivity index (χ1) is 27.2. The summed E-state index contributed by atoms with van der Waals surface area (Å²) in [5, 5.41) is 8.11. The van der Waals surface area contributed by atoms with Crippen LogP contribution in [-0.4, -0.2) is 0 Å². The van der Waals surface area contributed by atoms with Crippen LogP contribution in [0.2, 0.25) is 0 Å². The fourth-order valence-corrected chi connectivity index (χ4v) is 8.42. The Morgan fingerprint density at radius 2 is 1.04 bits per heavy atom. The molecule has 1 N–H and O–H groups in total. The SMILES string of the molecule is c1ccc(-c2ccc(CC(c3ccc(-c4cccc5oc6ccccc6c45)cc3)c3ccc(C4Nc5c(ccc6oc7ccccc7c56)O4)cc3)cc2)cc1. The average Bonchev–Trinajstić information content (AvgIpc) is 3.97. The van der Waals surface area contributed by atoms with Gasteiger partial charge in [0.15, 0.2) is 6.23 Å². The lowest BCUT2D eigenvalue weighted by atomic mass is 9.84. The van der Waals surface area contributed by atoms with Gasteiger partial charge in [0, 0.05) is 27.6 Å². The minimum Gasteiger partial charge on any atom is -0.464 e. The number of benzene rings is 8. The second kappa shape index (κ2) is 12.8. The van der Waals surface area contributed by atoms with Crippen LogP contribution < -0.4 is 10.1 Å². The molecular formula is C51H35NO3. The molecule has 4 heteroatoms. The molecule has 262 valence electrons. The smallest absolute Gasteiger partial charge is 0.196 e. The highest BCUT2D eigenvalue weighted by Gasteiger charge is 2.28. The number of hydrogen-bond donors (Lipinski definition) is 1. The Hall–Kier alpha value is -7.04. The molecule has 2 aromatic heterocycles. The van der Waals surface area contributed by atoms with Gasteiger partial charge in [0.05, 0.1) is 11.1 Å². The van der Waals surface area contributed by atoms with Crippen molar-refractivity contribution in [3.8, 4) is 28.0 Å². The van der Waals surface area contributed by atoms with Gasteiger partial charge >= 0.3 is 0 Å². The van der Waals surface area contributed by atoms with Gasteiger partial charge in [0.1, 0.15) is 28.1 Å². The minimum absolute atomic E-state index is 0.141. The first-order valence-electron chi connectivity index (χ1n) is 18.9. The van der Waals surface area contributed by atoms with Crippen LogP contribution >= 0.6 is 0 Å². The van der Waals surface area contributed by atoms with E-state index in [2.05, 4.69) is 145 Å². The third kappa shape index (κ3) is 5.45. The second-order valence-corrected chi connectivity index (χ2v) is 14.4. The molecule has 55 heavy (non-hydrogen) atoms. The molecule has 0 spiro atoms. The Labute approximate surface area is 318 Å². The Morgan fingerprint density at radius 3 is 1.76 bits per heavy atom. The number of furan rings is 2. The lowest BCUT2D eigenvalue weighted by molar-refractivity contribution is 0.260. The molecule has 4 nitrogen and oxygen atoms in total. The highest BCUT2D eigenvalue weighted by molar-refractivity contribution is 6.14. The van der Waals surface area contributed by atoms with E-state index in [1.165, 1.54) is 38.9 Å². The summed E-state index contributed by atoms with van der Waals surface area (Å²) >= 11 is 0. The number of anilines is 1. The van der Waals surface area contributed by atoms with Gasteiger partial charge in [-0.15, -0.1) is 0 Å². The molecule has 11 rings (SSSR count). The summed E-state index contributed by atoms with van der Waals surface area (Å²) in [6.07, 6.45) is 0.568. The van der Waals surface area contributed by atoms with E-state index in [1.54, 1.807) is 0 Å². The van der Waals surface area contributed by atoms with Crippen molar-refractivity contribution in [2.24, 2.45) is 0 Å². The van der Waals surface area contributed by atoms with Crippen LogP contribution in [0, 0.1) is 0 Å². The second-order valence-electron chi connectivity index (χ2n) is 14.4. The number of hydrogen-bond acceptors (Lipinski definition) is 4. The van der Waals surface area contributed by atoms with E-state index in [1.807, 2.05) is 42.5 Å². The topological polar surface area (TPSA) is 47.5 Å². The molecule has 10 aromatic rings. The number of fused-ring (bicyclic) bond motifs is 8. The Bertz CT molecular complexity index is 2990. The Balaban J connectivity index is 0.929. The summed E-state index contributed by atoms with van der Waals surface area (Å²) in [7, 11) is 0. The van der Waals surface area contributed by atoms with E-state index >= 15 is 0 Å². The van der Waals surface area contributed by atoms with Gasteiger partial charge in [-0.25, -0.2) is 0 Å². The summed E-state index contributed by atoms with van der Waals surface area (Å²) in [5.74, 6) is 0.979.